The van der Waals surface area contributed by atoms with E-state index >= 15 is 0 Å². The molecule has 2 aromatic heterocycles. The zero-order valence-electron chi connectivity index (χ0n) is 9.54. The summed E-state index contributed by atoms with van der Waals surface area (Å²) in [6.07, 6.45) is 3.26. The molecule has 2 heterocycles. The number of pyridine rings is 2. The van der Waals surface area contributed by atoms with Crippen LogP contribution in [0.25, 0.3) is 0 Å². The molecule has 0 atom stereocenters. The van der Waals surface area contributed by atoms with Gasteiger partial charge in [0.05, 0.1) is 16.3 Å². The van der Waals surface area contributed by atoms with Crippen molar-refractivity contribution in [3.63, 3.8) is 0 Å². The molecule has 0 saturated heterocycles. The third kappa shape index (κ3) is 3.28. The quantitative estimate of drug-likeness (QED) is 0.375. The number of hydrogen-bond acceptors (Lipinski definition) is 5. The van der Waals surface area contributed by atoms with Crippen LogP contribution in [0.1, 0.15) is 16.1 Å². The number of hydrogen-bond donors (Lipinski definition) is 2. The Bertz CT molecular complexity index is 515. The Morgan fingerprint density at radius 2 is 2.17 bits per heavy atom. The standard InChI is InChI=1S/C12H12N4OS/c13-16-12(17)9-4-5-10(15-7-9)8-18-11-3-1-2-6-14-11/h1-7H,8,13H2,(H,16,17). The van der Waals surface area contributed by atoms with Crippen molar-refractivity contribution in [3.05, 3.63) is 54.0 Å². The van der Waals surface area contributed by atoms with E-state index in [0.717, 1.165) is 10.7 Å². The number of nitrogen functional groups attached to an aromatic ring is 1. The van der Waals surface area contributed by atoms with Crippen LogP contribution in [0.2, 0.25) is 0 Å². The van der Waals surface area contributed by atoms with Crippen molar-refractivity contribution < 1.29 is 4.79 Å². The normalized spacial score (nSPS) is 10.1. The van der Waals surface area contributed by atoms with Crippen LogP contribution in [0.4, 0.5) is 0 Å². The number of nitrogens with one attached hydrogen (secondary N) is 1. The Kier molecular flexibility index (Phi) is 4.27. The highest BCUT2D eigenvalue weighted by molar-refractivity contribution is 7.98. The average Bonchev–Trinajstić information content (AvgIpc) is 2.46. The van der Waals surface area contributed by atoms with E-state index in [9.17, 15) is 4.79 Å². The predicted molar refractivity (Wildman–Crippen MR) is 69.7 cm³/mol. The van der Waals surface area contributed by atoms with Gasteiger partial charge in [-0.25, -0.2) is 10.8 Å². The molecule has 0 saturated carbocycles. The van der Waals surface area contributed by atoms with Gasteiger partial charge in [-0.1, -0.05) is 6.07 Å². The maximum Gasteiger partial charge on any atom is 0.266 e. The lowest BCUT2D eigenvalue weighted by molar-refractivity contribution is 0.0953. The molecule has 0 spiro atoms. The van der Waals surface area contributed by atoms with Crippen molar-refractivity contribution in [1.82, 2.24) is 15.4 Å². The topological polar surface area (TPSA) is 80.9 Å². The number of carbonyl (C=O) groups is 1. The molecule has 0 bridgehead atoms. The minimum absolute atomic E-state index is 0.341. The molecule has 3 N–H and O–H groups in total. The van der Waals surface area contributed by atoms with E-state index in [0.29, 0.717) is 11.3 Å². The van der Waals surface area contributed by atoms with Gasteiger partial charge in [-0.05, 0) is 24.3 Å². The zero-order valence-corrected chi connectivity index (χ0v) is 10.4. The molecule has 1 amide bonds. The molecule has 92 valence electrons. The van der Waals surface area contributed by atoms with E-state index in [2.05, 4.69) is 15.4 Å². The number of hydrazine groups is 1. The van der Waals surface area contributed by atoms with Gasteiger partial charge in [0.1, 0.15) is 0 Å². The Morgan fingerprint density at radius 1 is 1.28 bits per heavy atom. The first kappa shape index (κ1) is 12.5. The lowest BCUT2D eigenvalue weighted by Crippen LogP contribution is -2.30. The summed E-state index contributed by atoms with van der Waals surface area (Å²) in [6.45, 7) is 0. The molecule has 0 radical (unpaired) electrons. The minimum atomic E-state index is -0.341. The van der Waals surface area contributed by atoms with Gasteiger partial charge in [-0.3, -0.25) is 15.2 Å². The molecule has 0 aliphatic carbocycles. The van der Waals surface area contributed by atoms with Gasteiger partial charge in [0.25, 0.3) is 5.91 Å². The Hall–Kier alpha value is -1.92. The second kappa shape index (κ2) is 6.13. The highest BCUT2D eigenvalue weighted by Gasteiger charge is 2.04. The van der Waals surface area contributed by atoms with Crippen molar-refractivity contribution in [1.29, 1.82) is 0 Å². The molecule has 18 heavy (non-hydrogen) atoms. The molecule has 0 aromatic carbocycles. The van der Waals surface area contributed by atoms with Gasteiger partial charge in [0.2, 0.25) is 0 Å². The van der Waals surface area contributed by atoms with Gasteiger partial charge in [-0.2, -0.15) is 0 Å². The molecule has 2 rings (SSSR count). The van der Waals surface area contributed by atoms with Gasteiger partial charge < -0.3 is 0 Å². The van der Waals surface area contributed by atoms with E-state index in [-0.39, 0.29) is 5.91 Å². The molecule has 6 heteroatoms. The third-order valence-electron chi connectivity index (χ3n) is 2.22. The largest absolute Gasteiger partial charge is 0.290 e. The van der Waals surface area contributed by atoms with Gasteiger partial charge >= 0.3 is 0 Å². The summed E-state index contributed by atoms with van der Waals surface area (Å²) in [4.78, 5) is 19.6. The molecule has 0 fully saturated rings. The number of thioether (sulfide) groups is 1. The van der Waals surface area contributed by atoms with E-state index < -0.39 is 0 Å². The van der Waals surface area contributed by atoms with Crippen LogP contribution < -0.4 is 11.3 Å². The van der Waals surface area contributed by atoms with Crippen LogP contribution in [0.3, 0.4) is 0 Å². The van der Waals surface area contributed by atoms with Gasteiger partial charge in [-0.15, -0.1) is 11.8 Å². The highest BCUT2D eigenvalue weighted by Crippen LogP contribution is 2.18. The maximum absolute atomic E-state index is 11.2. The second-order valence-corrected chi connectivity index (χ2v) is 4.46. The molecular formula is C12H12N4OS. The van der Waals surface area contributed by atoms with Crippen LogP contribution in [-0.4, -0.2) is 15.9 Å². The highest BCUT2D eigenvalue weighted by atomic mass is 32.2. The first-order valence-electron chi connectivity index (χ1n) is 5.29. The molecule has 0 aliphatic rings. The number of rotatable bonds is 4. The number of nitrogens with zero attached hydrogens (tertiary/aromatic N) is 2. The smallest absolute Gasteiger partial charge is 0.266 e. The van der Waals surface area contributed by atoms with Crippen LogP contribution in [0, 0.1) is 0 Å². The molecular weight excluding hydrogens is 248 g/mol. The van der Waals surface area contributed by atoms with Crippen molar-refractivity contribution in [2.75, 3.05) is 0 Å². The Balaban J connectivity index is 1.97. The van der Waals surface area contributed by atoms with Crippen molar-refractivity contribution in [2.45, 2.75) is 10.8 Å². The lowest BCUT2D eigenvalue weighted by atomic mass is 10.2. The summed E-state index contributed by atoms with van der Waals surface area (Å²) in [5, 5.41) is 0.947. The minimum Gasteiger partial charge on any atom is -0.290 e. The van der Waals surface area contributed by atoms with Crippen LogP contribution in [-0.2, 0) is 5.75 Å². The average molecular weight is 260 g/mol. The van der Waals surface area contributed by atoms with E-state index in [4.69, 9.17) is 5.84 Å². The SMILES string of the molecule is NNC(=O)c1ccc(CSc2ccccn2)nc1. The second-order valence-electron chi connectivity index (χ2n) is 3.47. The number of amides is 1. The van der Waals surface area contributed by atoms with Crippen molar-refractivity contribution in [2.24, 2.45) is 5.84 Å². The lowest BCUT2D eigenvalue weighted by Gasteiger charge is -2.02. The molecule has 0 aliphatic heterocycles. The fourth-order valence-electron chi connectivity index (χ4n) is 1.31. The zero-order chi connectivity index (χ0) is 12.8. The first-order valence-corrected chi connectivity index (χ1v) is 6.28. The maximum atomic E-state index is 11.2. The van der Waals surface area contributed by atoms with E-state index in [1.807, 2.05) is 18.2 Å². The van der Waals surface area contributed by atoms with Gasteiger partial charge in [0, 0.05) is 18.1 Å². The van der Waals surface area contributed by atoms with Gasteiger partial charge in [0.15, 0.2) is 0 Å². The molecule has 0 unspecified atom stereocenters. The van der Waals surface area contributed by atoms with E-state index in [1.54, 1.807) is 30.1 Å². The molecule has 5 nitrogen and oxygen atoms in total. The number of aromatic nitrogens is 2. The Labute approximate surface area is 109 Å². The monoisotopic (exact) mass is 260 g/mol. The fraction of sp³-hybridized carbons (Fsp3) is 0.0833. The van der Waals surface area contributed by atoms with Crippen LogP contribution in [0.5, 0.6) is 0 Å². The summed E-state index contributed by atoms with van der Waals surface area (Å²) in [7, 11) is 0. The summed E-state index contributed by atoms with van der Waals surface area (Å²) in [5.74, 6) is 5.41. The van der Waals surface area contributed by atoms with E-state index in [1.165, 1.54) is 6.20 Å². The summed E-state index contributed by atoms with van der Waals surface area (Å²) in [6, 6.07) is 9.27. The number of nitrogens with two attached hydrogens (primary N) is 1. The van der Waals surface area contributed by atoms with Crippen LogP contribution >= 0.6 is 11.8 Å². The summed E-state index contributed by atoms with van der Waals surface area (Å²) < 4.78 is 0. The summed E-state index contributed by atoms with van der Waals surface area (Å²) >= 11 is 1.59. The Morgan fingerprint density at radius 3 is 2.78 bits per heavy atom. The fourth-order valence-corrected chi connectivity index (χ4v) is 2.08. The van der Waals surface area contributed by atoms with Crippen molar-refractivity contribution >= 4 is 17.7 Å². The molecule has 2 aromatic rings. The van der Waals surface area contributed by atoms with Crippen molar-refractivity contribution in [3.8, 4) is 0 Å². The third-order valence-corrected chi connectivity index (χ3v) is 3.20. The van der Waals surface area contributed by atoms with Crippen LogP contribution in [0.15, 0.2) is 47.8 Å². The first-order chi connectivity index (χ1) is 8.79. The summed E-state index contributed by atoms with van der Waals surface area (Å²) in [5.41, 5.74) is 3.40. The predicted octanol–water partition coefficient (Wildman–Crippen LogP) is 1.37. The number of carbonyl (C=O) groups excluding carboxylic acids is 1.